The number of aliphatic hydroxyl groups is 1. The summed E-state index contributed by atoms with van der Waals surface area (Å²) in [6.07, 6.45) is 0.508. The van der Waals surface area contributed by atoms with Crippen LogP contribution in [0.5, 0.6) is 0 Å². The maximum atomic E-state index is 9.39. The molecule has 0 bridgehead atoms. The second-order valence-electron chi connectivity index (χ2n) is 3.42. The van der Waals surface area contributed by atoms with Crippen LogP contribution in [-0.2, 0) is 6.42 Å². The van der Waals surface area contributed by atoms with Gasteiger partial charge in [0.15, 0.2) is 0 Å². The Bertz CT molecular complexity index is 234. The lowest BCUT2D eigenvalue weighted by molar-refractivity contribution is 0.0733. The van der Waals surface area contributed by atoms with E-state index in [-0.39, 0.29) is 0 Å². The average Bonchev–Trinajstić information content (AvgIpc) is 2.10. The van der Waals surface area contributed by atoms with Crippen LogP contribution >= 0.6 is 0 Å². The second-order valence-corrected chi connectivity index (χ2v) is 3.42. The maximum absolute atomic E-state index is 9.39. The Kier molecular flexibility index (Phi) is 2.00. The van der Waals surface area contributed by atoms with Gasteiger partial charge in [-0.25, -0.2) is 0 Å². The van der Waals surface area contributed by atoms with Gasteiger partial charge in [-0.1, -0.05) is 5.16 Å². The van der Waals surface area contributed by atoms with Gasteiger partial charge in [-0.15, -0.1) is 0 Å². The van der Waals surface area contributed by atoms with Crippen LogP contribution in [0.4, 0.5) is 0 Å². The Labute approximate surface area is 66.0 Å². The van der Waals surface area contributed by atoms with Crippen molar-refractivity contribution in [3.05, 3.63) is 17.5 Å². The number of hydrogen-bond donors (Lipinski definition) is 1. The number of rotatable bonds is 2. The molecule has 0 unspecified atom stereocenters. The lowest BCUT2D eigenvalue weighted by Crippen LogP contribution is -2.21. The fourth-order valence-electron chi connectivity index (χ4n) is 0.926. The molecule has 1 N–H and O–H groups in total. The van der Waals surface area contributed by atoms with E-state index in [2.05, 4.69) is 5.16 Å². The molecule has 0 aromatic carbocycles. The SMILES string of the molecule is Cc1cc(CC(C)(C)O)on1. The molecule has 1 heterocycles. The highest BCUT2D eigenvalue weighted by molar-refractivity contribution is 5.05. The van der Waals surface area contributed by atoms with Crippen LogP contribution < -0.4 is 0 Å². The van der Waals surface area contributed by atoms with Gasteiger partial charge in [-0.05, 0) is 20.8 Å². The first-order valence-electron chi connectivity index (χ1n) is 3.62. The number of aryl methyl sites for hydroxylation is 1. The van der Waals surface area contributed by atoms with Crippen molar-refractivity contribution in [2.45, 2.75) is 32.8 Å². The highest BCUT2D eigenvalue weighted by Crippen LogP contribution is 2.12. The molecule has 0 atom stereocenters. The van der Waals surface area contributed by atoms with Crippen LogP contribution in [0.15, 0.2) is 10.6 Å². The van der Waals surface area contributed by atoms with Gasteiger partial charge in [0.2, 0.25) is 0 Å². The standard InChI is InChI=1S/C8H13NO2/c1-6-4-7(11-9-6)5-8(2,3)10/h4,10H,5H2,1-3H3. The molecule has 62 valence electrons. The summed E-state index contributed by atoms with van der Waals surface area (Å²) in [5, 5.41) is 13.1. The summed E-state index contributed by atoms with van der Waals surface area (Å²) in [5.41, 5.74) is 0.135. The maximum Gasteiger partial charge on any atom is 0.139 e. The summed E-state index contributed by atoms with van der Waals surface area (Å²) in [4.78, 5) is 0. The molecular formula is C8H13NO2. The molecule has 1 aromatic rings. The predicted molar refractivity (Wildman–Crippen MR) is 41.2 cm³/mol. The first-order chi connectivity index (χ1) is 4.97. The molecular weight excluding hydrogens is 142 g/mol. The summed E-state index contributed by atoms with van der Waals surface area (Å²) < 4.78 is 4.93. The van der Waals surface area contributed by atoms with Gasteiger partial charge in [-0.3, -0.25) is 0 Å². The van der Waals surface area contributed by atoms with Crippen LogP contribution in [0, 0.1) is 6.92 Å². The van der Waals surface area contributed by atoms with Crippen LogP contribution in [-0.4, -0.2) is 15.9 Å². The summed E-state index contributed by atoms with van der Waals surface area (Å²) in [5.74, 6) is 0.731. The van der Waals surface area contributed by atoms with Gasteiger partial charge in [-0.2, -0.15) is 0 Å². The Morgan fingerprint density at radius 1 is 1.64 bits per heavy atom. The zero-order valence-corrected chi connectivity index (χ0v) is 7.09. The fourth-order valence-corrected chi connectivity index (χ4v) is 0.926. The number of nitrogens with zero attached hydrogens (tertiary/aromatic N) is 1. The molecule has 11 heavy (non-hydrogen) atoms. The Morgan fingerprint density at radius 3 is 2.64 bits per heavy atom. The third-order valence-electron chi connectivity index (χ3n) is 1.28. The van der Waals surface area contributed by atoms with Crippen molar-refractivity contribution < 1.29 is 9.63 Å². The van der Waals surface area contributed by atoms with Crippen molar-refractivity contribution in [1.82, 2.24) is 5.16 Å². The molecule has 0 saturated heterocycles. The number of hydrogen-bond acceptors (Lipinski definition) is 3. The second kappa shape index (κ2) is 2.66. The quantitative estimate of drug-likeness (QED) is 0.700. The van der Waals surface area contributed by atoms with E-state index in [9.17, 15) is 5.11 Å². The monoisotopic (exact) mass is 155 g/mol. The number of aromatic nitrogens is 1. The molecule has 0 aliphatic carbocycles. The molecule has 0 spiro atoms. The van der Waals surface area contributed by atoms with Crippen LogP contribution in [0.1, 0.15) is 25.3 Å². The Hall–Kier alpha value is -0.830. The van der Waals surface area contributed by atoms with E-state index in [0.717, 1.165) is 11.5 Å². The molecule has 0 radical (unpaired) electrons. The van der Waals surface area contributed by atoms with Crippen molar-refractivity contribution >= 4 is 0 Å². The van der Waals surface area contributed by atoms with Crippen LogP contribution in [0.3, 0.4) is 0 Å². The normalized spacial score (nSPS) is 12.0. The third-order valence-corrected chi connectivity index (χ3v) is 1.28. The molecule has 0 aliphatic rings. The predicted octanol–water partition coefficient (Wildman–Crippen LogP) is 1.30. The van der Waals surface area contributed by atoms with Gasteiger partial charge >= 0.3 is 0 Å². The third kappa shape index (κ3) is 2.72. The Balaban J connectivity index is 2.65. The summed E-state index contributed by atoms with van der Waals surface area (Å²) in [6, 6.07) is 1.83. The van der Waals surface area contributed by atoms with E-state index in [1.165, 1.54) is 0 Å². The van der Waals surface area contributed by atoms with E-state index in [1.54, 1.807) is 13.8 Å². The zero-order chi connectivity index (χ0) is 8.48. The van der Waals surface area contributed by atoms with Crippen molar-refractivity contribution in [3.63, 3.8) is 0 Å². The van der Waals surface area contributed by atoms with Crippen LogP contribution in [0.2, 0.25) is 0 Å². The van der Waals surface area contributed by atoms with E-state index < -0.39 is 5.60 Å². The minimum atomic E-state index is -0.716. The molecule has 0 amide bonds. The van der Waals surface area contributed by atoms with Crippen molar-refractivity contribution in [3.8, 4) is 0 Å². The van der Waals surface area contributed by atoms with Gasteiger partial charge in [0.05, 0.1) is 11.3 Å². The van der Waals surface area contributed by atoms with Crippen molar-refractivity contribution in [1.29, 1.82) is 0 Å². The smallest absolute Gasteiger partial charge is 0.139 e. The molecule has 1 aromatic heterocycles. The van der Waals surface area contributed by atoms with E-state index >= 15 is 0 Å². The molecule has 0 aliphatic heterocycles. The highest BCUT2D eigenvalue weighted by Gasteiger charge is 2.16. The average molecular weight is 155 g/mol. The lowest BCUT2D eigenvalue weighted by atomic mass is 10.0. The van der Waals surface area contributed by atoms with Gasteiger partial charge in [0, 0.05) is 12.5 Å². The topological polar surface area (TPSA) is 46.3 Å². The summed E-state index contributed by atoms with van der Waals surface area (Å²) >= 11 is 0. The minimum absolute atomic E-state index is 0.508. The van der Waals surface area contributed by atoms with Crippen LogP contribution in [0.25, 0.3) is 0 Å². The van der Waals surface area contributed by atoms with Crippen molar-refractivity contribution in [2.24, 2.45) is 0 Å². The molecule has 0 saturated carbocycles. The van der Waals surface area contributed by atoms with Crippen molar-refractivity contribution in [2.75, 3.05) is 0 Å². The van der Waals surface area contributed by atoms with E-state index in [4.69, 9.17) is 4.52 Å². The highest BCUT2D eigenvalue weighted by atomic mass is 16.5. The lowest BCUT2D eigenvalue weighted by Gasteiger charge is -2.13. The Morgan fingerprint density at radius 2 is 2.27 bits per heavy atom. The summed E-state index contributed by atoms with van der Waals surface area (Å²) in [7, 11) is 0. The van der Waals surface area contributed by atoms with Gasteiger partial charge in [0.1, 0.15) is 5.76 Å². The van der Waals surface area contributed by atoms with Gasteiger partial charge < -0.3 is 9.63 Å². The first-order valence-corrected chi connectivity index (χ1v) is 3.62. The van der Waals surface area contributed by atoms with E-state index in [0.29, 0.717) is 6.42 Å². The molecule has 0 fully saturated rings. The fraction of sp³-hybridized carbons (Fsp3) is 0.625. The molecule has 3 nitrogen and oxygen atoms in total. The summed E-state index contributed by atoms with van der Waals surface area (Å²) in [6.45, 7) is 5.34. The van der Waals surface area contributed by atoms with Gasteiger partial charge in [0.25, 0.3) is 0 Å². The minimum Gasteiger partial charge on any atom is -0.390 e. The first kappa shape index (κ1) is 8.27. The molecule has 3 heteroatoms. The van der Waals surface area contributed by atoms with E-state index in [1.807, 2.05) is 13.0 Å². The zero-order valence-electron chi connectivity index (χ0n) is 7.09. The molecule has 1 rings (SSSR count). The largest absolute Gasteiger partial charge is 0.390 e.